The normalized spacial score (nSPS) is 12.3. The summed E-state index contributed by atoms with van der Waals surface area (Å²) in [5.41, 5.74) is 1.25. The average molecular weight is 404 g/mol. The summed E-state index contributed by atoms with van der Waals surface area (Å²) >= 11 is 5.80. The molecule has 0 spiro atoms. The highest BCUT2D eigenvalue weighted by atomic mass is 35.5. The Bertz CT molecular complexity index is 1010. The molecular weight excluding hydrogens is 385 g/mol. The van der Waals surface area contributed by atoms with E-state index >= 15 is 0 Å². The zero-order chi connectivity index (χ0) is 20.3. The third kappa shape index (κ3) is 4.35. The van der Waals surface area contributed by atoms with Crippen LogP contribution in [0.5, 0.6) is 0 Å². The molecule has 3 aromatic rings. The van der Waals surface area contributed by atoms with Gasteiger partial charge in [-0.2, -0.15) is 0 Å². The van der Waals surface area contributed by atoms with Gasteiger partial charge in [0.15, 0.2) is 5.82 Å². The number of carbonyl (C=O) groups is 1. The number of aromatic carboxylic acids is 1. The minimum Gasteiger partial charge on any atom is -0.478 e. The number of pyridine rings is 1. The van der Waals surface area contributed by atoms with Crippen LogP contribution in [0, 0.1) is 5.82 Å². The molecule has 1 aromatic carbocycles. The van der Waals surface area contributed by atoms with E-state index in [2.05, 4.69) is 25.6 Å². The number of nitrogens with one attached hydrogen (secondary N) is 2. The molecule has 9 heteroatoms. The van der Waals surface area contributed by atoms with E-state index in [4.69, 9.17) is 11.6 Å². The van der Waals surface area contributed by atoms with Crippen molar-refractivity contribution >= 4 is 34.4 Å². The van der Waals surface area contributed by atoms with Crippen molar-refractivity contribution in [2.45, 2.75) is 25.9 Å². The van der Waals surface area contributed by atoms with Crippen LogP contribution in [0.1, 0.15) is 35.8 Å². The lowest BCUT2D eigenvalue weighted by atomic mass is 10.1. The monoisotopic (exact) mass is 403 g/mol. The van der Waals surface area contributed by atoms with Crippen molar-refractivity contribution in [2.75, 3.05) is 11.9 Å². The first kappa shape index (κ1) is 19.9. The molecule has 28 heavy (non-hydrogen) atoms. The zero-order valence-electron chi connectivity index (χ0n) is 15.3. The van der Waals surface area contributed by atoms with E-state index in [9.17, 15) is 14.3 Å². The van der Waals surface area contributed by atoms with Crippen LogP contribution in [-0.4, -0.2) is 38.6 Å². The van der Waals surface area contributed by atoms with Crippen molar-refractivity contribution in [3.63, 3.8) is 0 Å². The highest BCUT2D eigenvalue weighted by Crippen LogP contribution is 2.26. The first-order chi connectivity index (χ1) is 13.4. The molecule has 0 aliphatic heterocycles. The van der Waals surface area contributed by atoms with Crippen molar-refractivity contribution in [3.05, 3.63) is 58.8 Å². The van der Waals surface area contributed by atoms with Gasteiger partial charge in [0.25, 0.3) is 0 Å². The van der Waals surface area contributed by atoms with Crippen LogP contribution >= 0.6 is 11.6 Å². The number of halogens is 2. The summed E-state index contributed by atoms with van der Waals surface area (Å²) in [5, 5.41) is 15.9. The molecule has 2 aromatic heterocycles. The number of carboxylic acids is 1. The molecule has 0 bridgehead atoms. The first-order valence-electron chi connectivity index (χ1n) is 8.64. The minimum atomic E-state index is -1.10. The predicted molar refractivity (Wildman–Crippen MR) is 105 cm³/mol. The highest BCUT2D eigenvalue weighted by Gasteiger charge is 2.18. The van der Waals surface area contributed by atoms with Gasteiger partial charge in [-0.3, -0.25) is 4.98 Å². The van der Waals surface area contributed by atoms with Gasteiger partial charge >= 0.3 is 5.97 Å². The predicted octanol–water partition coefficient (Wildman–Crippen LogP) is 3.67. The Labute approximate surface area is 166 Å². The summed E-state index contributed by atoms with van der Waals surface area (Å²) in [7, 11) is 0. The Balaban J connectivity index is 2.01. The van der Waals surface area contributed by atoms with E-state index in [1.165, 1.54) is 30.7 Å². The second-order valence-electron chi connectivity index (χ2n) is 6.52. The highest BCUT2D eigenvalue weighted by molar-refractivity contribution is 6.30. The Hall–Kier alpha value is -2.84. The number of benzene rings is 1. The van der Waals surface area contributed by atoms with Crippen molar-refractivity contribution in [3.8, 4) is 0 Å². The largest absolute Gasteiger partial charge is 0.478 e. The topological polar surface area (TPSA) is 100 Å². The Morgan fingerprint density at radius 1 is 1.21 bits per heavy atom. The third-order valence-corrected chi connectivity index (χ3v) is 4.45. The molecule has 0 fully saturated rings. The molecule has 0 aliphatic carbocycles. The molecule has 1 atom stereocenters. The summed E-state index contributed by atoms with van der Waals surface area (Å²) in [6, 6.07) is 5.82. The van der Waals surface area contributed by atoms with Crippen molar-refractivity contribution in [2.24, 2.45) is 0 Å². The van der Waals surface area contributed by atoms with Crippen molar-refractivity contribution in [1.29, 1.82) is 0 Å². The van der Waals surface area contributed by atoms with Gasteiger partial charge in [-0.1, -0.05) is 31.5 Å². The maximum absolute atomic E-state index is 14.0. The lowest BCUT2D eigenvalue weighted by Crippen LogP contribution is -2.31. The fourth-order valence-electron chi connectivity index (χ4n) is 2.74. The van der Waals surface area contributed by atoms with Crippen molar-refractivity contribution < 1.29 is 14.3 Å². The van der Waals surface area contributed by atoms with Gasteiger partial charge in [0.2, 0.25) is 0 Å². The number of hydrogen-bond acceptors (Lipinski definition) is 6. The molecule has 2 heterocycles. The standard InChI is InChI=1S/C19H19ClFN5O2/c1-10(2)23-8-15(11-3-4-13(20)14(21)7-11)26-18-17-16(24-9-25-18)12(19(27)28)5-6-22-17/h3-7,9-10,15,23H,8H2,1-2H3,(H,27,28)(H,24,25,26)/t15-/m1/s1. The maximum atomic E-state index is 14.0. The number of carboxylic acid groups (broad SMARTS) is 1. The van der Waals surface area contributed by atoms with E-state index in [1.807, 2.05) is 13.8 Å². The van der Waals surface area contributed by atoms with E-state index in [0.717, 1.165) is 0 Å². The van der Waals surface area contributed by atoms with Gasteiger partial charge < -0.3 is 15.7 Å². The fourth-order valence-corrected chi connectivity index (χ4v) is 2.86. The van der Waals surface area contributed by atoms with Crippen LogP contribution in [0.3, 0.4) is 0 Å². The van der Waals surface area contributed by atoms with E-state index < -0.39 is 11.8 Å². The van der Waals surface area contributed by atoms with Crippen LogP contribution in [0.25, 0.3) is 11.0 Å². The lowest BCUT2D eigenvalue weighted by molar-refractivity contribution is 0.0698. The summed E-state index contributed by atoms with van der Waals surface area (Å²) in [4.78, 5) is 23.9. The van der Waals surface area contributed by atoms with Crippen LogP contribution in [0.4, 0.5) is 10.2 Å². The summed E-state index contributed by atoms with van der Waals surface area (Å²) in [5.74, 6) is -1.26. The molecule has 0 saturated heterocycles. The summed E-state index contributed by atoms with van der Waals surface area (Å²) < 4.78 is 14.0. The van der Waals surface area contributed by atoms with Crippen LogP contribution in [0.15, 0.2) is 36.8 Å². The van der Waals surface area contributed by atoms with Crippen LogP contribution < -0.4 is 10.6 Å². The molecule has 0 radical (unpaired) electrons. The first-order valence-corrected chi connectivity index (χ1v) is 9.02. The van der Waals surface area contributed by atoms with Crippen LogP contribution in [0.2, 0.25) is 5.02 Å². The smallest absolute Gasteiger partial charge is 0.338 e. The Morgan fingerprint density at radius 2 is 2.00 bits per heavy atom. The van der Waals surface area contributed by atoms with E-state index in [1.54, 1.807) is 6.07 Å². The molecule has 0 aliphatic rings. The lowest BCUT2D eigenvalue weighted by Gasteiger charge is -2.22. The van der Waals surface area contributed by atoms with Crippen molar-refractivity contribution in [1.82, 2.24) is 20.3 Å². The molecular formula is C19H19ClFN5O2. The molecule has 0 amide bonds. The van der Waals surface area contributed by atoms with Gasteiger partial charge in [-0.25, -0.2) is 19.2 Å². The molecule has 0 saturated carbocycles. The van der Waals surface area contributed by atoms with Gasteiger partial charge in [0.1, 0.15) is 23.2 Å². The maximum Gasteiger partial charge on any atom is 0.338 e. The minimum absolute atomic E-state index is 0.0323. The fraction of sp³-hybridized carbons (Fsp3) is 0.263. The second-order valence-corrected chi connectivity index (χ2v) is 6.92. The van der Waals surface area contributed by atoms with Gasteiger partial charge in [-0.05, 0) is 23.8 Å². The number of anilines is 1. The number of rotatable bonds is 7. The second kappa shape index (κ2) is 8.45. The molecule has 7 nitrogen and oxygen atoms in total. The van der Waals surface area contributed by atoms with E-state index in [0.29, 0.717) is 23.4 Å². The molecule has 3 rings (SSSR count). The number of hydrogen-bond donors (Lipinski definition) is 3. The zero-order valence-corrected chi connectivity index (χ0v) is 16.0. The van der Waals surface area contributed by atoms with Gasteiger partial charge in [-0.15, -0.1) is 0 Å². The third-order valence-electron chi connectivity index (χ3n) is 4.14. The summed E-state index contributed by atoms with van der Waals surface area (Å²) in [6.45, 7) is 4.48. The Morgan fingerprint density at radius 3 is 2.68 bits per heavy atom. The molecule has 3 N–H and O–H groups in total. The average Bonchev–Trinajstić information content (AvgIpc) is 2.66. The number of nitrogens with zero attached hydrogens (tertiary/aromatic N) is 3. The van der Waals surface area contributed by atoms with E-state index in [-0.39, 0.29) is 28.2 Å². The quantitative estimate of drug-likeness (QED) is 0.553. The van der Waals surface area contributed by atoms with Gasteiger partial charge in [0.05, 0.1) is 16.6 Å². The summed E-state index contributed by atoms with van der Waals surface area (Å²) in [6.07, 6.45) is 2.66. The SMILES string of the molecule is CC(C)NC[C@@H](Nc1ncnc2c(C(=O)O)ccnc12)c1ccc(Cl)c(F)c1. The molecule has 146 valence electrons. The Kier molecular flexibility index (Phi) is 6.01. The molecule has 0 unspecified atom stereocenters. The van der Waals surface area contributed by atoms with Crippen LogP contribution in [-0.2, 0) is 0 Å². The van der Waals surface area contributed by atoms with Gasteiger partial charge in [0, 0.05) is 18.8 Å². The number of aromatic nitrogens is 3. The number of fused-ring (bicyclic) bond motifs is 1.